The van der Waals surface area contributed by atoms with Gasteiger partial charge in [0.05, 0.1) is 4.88 Å². The van der Waals surface area contributed by atoms with Gasteiger partial charge in [0.25, 0.3) is 5.91 Å². The van der Waals surface area contributed by atoms with Crippen molar-refractivity contribution in [2.24, 2.45) is 5.92 Å². The van der Waals surface area contributed by atoms with Crippen LogP contribution in [0.3, 0.4) is 0 Å². The summed E-state index contributed by atoms with van der Waals surface area (Å²) in [6.45, 7) is 7.03. The van der Waals surface area contributed by atoms with Crippen molar-refractivity contribution in [3.63, 3.8) is 0 Å². The lowest BCUT2D eigenvalue weighted by Gasteiger charge is -2.43. The van der Waals surface area contributed by atoms with Crippen molar-refractivity contribution in [3.8, 4) is 0 Å². The monoisotopic (exact) mass is 532 g/mol. The second-order valence-electron chi connectivity index (χ2n) is 10.5. The van der Waals surface area contributed by atoms with E-state index in [1.807, 2.05) is 29.2 Å². The molecule has 3 aliphatic heterocycles. The highest BCUT2D eigenvalue weighted by molar-refractivity contribution is 7.20. The Labute approximate surface area is 222 Å². The van der Waals surface area contributed by atoms with Crippen LogP contribution in [0.4, 0.5) is 0 Å². The van der Waals surface area contributed by atoms with E-state index in [1.54, 1.807) is 0 Å². The molecule has 0 aliphatic carbocycles. The molecule has 0 saturated carbocycles. The zero-order valence-corrected chi connectivity index (χ0v) is 22.7. The largest absolute Gasteiger partial charge is 0.381 e. The molecule has 2 aromatic rings. The molecule has 7 nitrogen and oxygen atoms in total. The molecule has 0 radical (unpaired) electrons. The first-order chi connectivity index (χ1) is 17.5. The second-order valence-corrected chi connectivity index (χ2v) is 12.0. The molecule has 3 saturated heterocycles. The Balaban J connectivity index is 1.24. The topological polar surface area (TPSA) is 65.1 Å². The molecular weight excluding hydrogens is 496 g/mol. The highest BCUT2D eigenvalue weighted by Crippen LogP contribution is 2.29. The first-order valence-corrected chi connectivity index (χ1v) is 14.4. The third-order valence-electron chi connectivity index (χ3n) is 8.05. The number of likely N-dealkylation sites (tertiary alicyclic amines) is 1. The minimum Gasteiger partial charge on any atom is -0.381 e. The van der Waals surface area contributed by atoms with Gasteiger partial charge in [0.2, 0.25) is 5.91 Å². The lowest BCUT2D eigenvalue weighted by atomic mass is 9.91. The molecule has 9 heteroatoms. The minimum absolute atomic E-state index is 0.0574. The van der Waals surface area contributed by atoms with Crippen molar-refractivity contribution in [2.45, 2.75) is 44.2 Å². The zero-order valence-electron chi connectivity index (χ0n) is 21.1. The van der Waals surface area contributed by atoms with Gasteiger partial charge in [-0.3, -0.25) is 14.5 Å². The maximum atomic E-state index is 13.7. The number of fused-ring (bicyclic) bond motifs is 1. The van der Waals surface area contributed by atoms with Gasteiger partial charge < -0.3 is 19.9 Å². The number of thiophene rings is 1. The number of ether oxygens (including phenoxy) is 1. The summed E-state index contributed by atoms with van der Waals surface area (Å²) in [5, 5.41) is 4.77. The third-order valence-corrected chi connectivity index (χ3v) is 9.38. The van der Waals surface area contributed by atoms with Gasteiger partial charge in [-0.15, -0.1) is 11.3 Å². The Hall–Kier alpha value is -1.71. The summed E-state index contributed by atoms with van der Waals surface area (Å²) in [6.07, 6.45) is 4.94. The van der Waals surface area contributed by atoms with E-state index in [2.05, 4.69) is 22.2 Å². The van der Waals surface area contributed by atoms with Gasteiger partial charge in [-0.05, 0) is 81.7 Å². The number of nitrogens with one attached hydrogen (secondary N) is 1. The van der Waals surface area contributed by atoms with E-state index >= 15 is 0 Å². The van der Waals surface area contributed by atoms with E-state index in [9.17, 15) is 9.59 Å². The van der Waals surface area contributed by atoms with Crippen LogP contribution in [0.1, 0.15) is 41.8 Å². The van der Waals surface area contributed by atoms with Crippen LogP contribution in [-0.2, 0) is 9.53 Å². The van der Waals surface area contributed by atoms with Crippen molar-refractivity contribution < 1.29 is 14.3 Å². The maximum Gasteiger partial charge on any atom is 0.262 e. The Morgan fingerprint density at radius 1 is 1.06 bits per heavy atom. The summed E-state index contributed by atoms with van der Waals surface area (Å²) in [5.41, 5.74) is 0. The van der Waals surface area contributed by atoms with Crippen molar-refractivity contribution in [3.05, 3.63) is 34.2 Å². The summed E-state index contributed by atoms with van der Waals surface area (Å²) < 4.78 is 6.50. The highest BCUT2D eigenvalue weighted by atomic mass is 35.5. The summed E-state index contributed by atoms with van der Waals surface area (Å²) in [5.74, 6) is 0.263. The Morgan fingerprint density at radius 3 is 2.50 bits per heavy atom. The normalized spacial score (nSPS) is 22.1. The van der Waals surface area contributed by atoms with Crippen LogP contribution in [0.5, 0.6) is 0 Å². The number of hydrogen-bond donors (Lipinski definition) is 1. The Kier molecular flexibility index (Phi) is 8.48. The van der Waals surface area contributed by atoms with E-state index in [0.29, 0.717) is 28.3 Å². The Bertz CT molecular complexity index is 1060. The fourth-order valence-corrected chi connectivity index (χ4v) is 7.01. The molecule has 1 aromatic heterocycles. The van der Waals surface area contributed by atoms with Gasteiger partial charge in [0, 0.05) is 55.2 Å². The standard InChI is InChI=1S/C27H37ClN4O3S/c1-30-8-4-22(5-9-30)31-10-12-32(13-11-31)27(34)23(16-19-6-14-35-15-7-19)29-26(33)25-17-20-2-3-21(28)18-24(20)36-25/h2-3,17-19,22-23H,4-16H2,1H3,(H,29,33)/t23-/m0/s1. The van der Waals surface area contributed by atoms with Crippen LogP contribution >= 0.6 is 22.9 Å². The first kappa shape index (κ1) is 25.9. The average Bonchev–Trinajstić information content (AvgIpc) is 3.32. The van der Waals surface area contributed by atoms with Gasteiger partial charge in [-0.25, -0.2) is 0 Å². The number of nitrogens with zero attached hydrogens (tertiary/aromatic N) is 3. The van der Waals surface area contributed by atoms with Crippen molar-refractivity contribution in [2.75, 3.05) is 59.5 Å². The number of benzene rings is 1. The van der Waals surface area contributed by atoms with Gasteiger partial charge in [0.15, 0.2) is 0 Å². The fraction of sp³-hybridized carbons (Fsp3) is 0.630. The minimum atomic E-state index is -0.510. The van der Waals surface area contributed by atoms with E-state index in [0.717, 1.165) is 75.4 Å². The van der Waals surface area contributed by atoms with E-state index < -0.39 is 6.04 Å². The maximum absolute atomic E-state index is 13.7. The molecular formula is C27H37ClN4O3S. The van der Waals surface area contributed by atoms with Gasteiger partial charge in [-0.1, -0.05) is 17.7 Å². The molecule has 3 fully saturated rings. The number of hydrogen-bond acceptors (Lipinski definition) is 6. The predicted molar refractivity (Wildman–Crippen MR) is 145 cm³/mol. The molecule has 0 spiro atoms. The quantitative estimate of drug-likeness (QED) is 0.614. The molecule has 196 valence electrons. The number of piperazine rings is 1. The van der Waals surface area contributed by atoms with Crippen LogP contribution in [0.25, 0.3) is 10.1 Å². The lowest BCUT2D eigenvalue weighted by molar-refractivity contribution is -0.136. The second kappa shape index (κ2) is 11.8. The molecule has 3 aliphatic rings. The van der Waals surface area contributed by atoms with Gasteiger partial charge in [0.1, 0.15) is 6.04 Å². The molecule has 1 atom stereocenters. The number of carbonyl (C=O) groups is 2. The van der Waals surface area contributed by atoms with Gasteiger partial charge >= 0.3 is 0 Å². The molecule has 0 bridgehead atoms. The Morgan fingerprint density at radius 2 is 1.78 bits per heavy atom. The summed E-state index contributed by atoms with van der Waals surface area (Å²) in [4.78, 5) is 34.5. The molecule has 4 heterocycles. The summed E-state index contributed by atoms with van der Waals surface area (Å²) in [6, 6.07) is 7.65. The van der Waals surface area contributed by atoms with E-state index in [-0.39, 0.29) is 11.8 Å². The number of amides is 2. The van der Waals surface area contributed by atoms with E-state index in [4.69, 9.17) is 16.3 Å². The van der Waals surface area contributed by atoms with Crippen molar-refractivity contribution >= 4 is 44.8 Å². The fourth-order valence-electron chi connectivity index (χ4n) is 5.77. The van der Waals surface area contributed by atoms with Gasteiger partial charge in [-0.2, -0.15) is 0 Å². The highest BCUT2D eigenvalue weighted by Gasteiger charge is 2.33. The number of piperidine rings is 1. The average molecular weight is 533 g/mol. The molecule has 1 aromatic carbocycles. The SMILES string of the molecule is CN1CCC(N2CCN(C(=O)[C@H](CC3CCOCC3)NC(=O)c3cc4ccc(Cl)cc4s3)CC2)CC1. The molecule has 2 amide bonds. The number of rotatable bonds is 6. The predicted octanol–water partition coefficient (Wildman–Crippen LogP) is 3.71. The van der Waals surface area contributed by atoms with Crippen molar-refractivity contribution in [1.29, 1.82) is 0 Å². The molecule has 1 N–H and O–H groups in total. The van der Waals surface area contributed by atoms with Crippen LogP contribution in [0.2, 0.25) is 5.02 Å². The first-order valence-electron chi connectivity index (χ1n) is 13.3. The number of halogens is 1. The lowest BCUT2D eigenvalue weighted by Crippen LogP contribution is -2.57. The van der Waals surface area contributed by atoms with Crippen molar-refractivity contribution in [1.82, 2.24) is 20.0 Å². The van der Waals surface area contributed by atoms with Crippen LogP contribution in [0.15, 0.2) is 24.3 Å². The third kappa shape index (κ3) is 6.22. The molecule has 5 rings (SSSR count). The van der Waals surface area contributed by atoms with Crippen LogP contribution in [0, 0.1) is 5.92 Å². The smallest absolute Gasteiger partial charge is 0.262 e. The molecule has 0 unspecified atom stereocenters. The molecule has 36 heavy (non-hydrogen) atoms. The summed E-state index contributed by atoms with van der Waals surface area (Å²) in [7, 11) is 2.19. The number of carbonyl (C=O) groups excluding carboxylic acids is 2. The van der Waals surface area contributed by atoms with Crippen LogP contribution < -0.4 is 5.32 Å². The zero-order chi connectivity index (χ0) is 25.1. The van der Waals surface area contributed by atoms with E-state index in [1.165, 1.54) is 24.2 Å². The van der Waals surface area contributed by atoms with Crippen LogP contribution in [-0.4, -0.2) is 98.1 Å². The summed E-state index contributed by atoms with van der Waals surface area (Å²) >= 11 is 7.55.